The molecule has 0 aliphatic carbocycles. The minimum Gasteiger partial charge on any atom is -0.477 e. The van der Waals surface area contributed by atoms with E-state index in [1.807, 2.05) is 0 Å². The SMILES string of the molecule is NCC(=O)NCC(=O)Nc1ccc(C(=O)O)nc1. The summed E-state index contributed by atoms with van der Waals surface area (Å²) in [5.41, 5.74) is 5.27. The van der Waals surface area contributed by atoms with E-state index < -0.39 is 17.8 Å². The average Bonchev–Trinajstić information content (AvgIpc) is 2.36. The van der Waals surface area contributed by atoms with Crippen molar-refractivity contribution in [1.82, 2.24) is 10.3 Å². The zero-order valence-corrected chi connectivity index (χ0v) is 9.34. The molecule has 0 saturated heterocycles. The molecule has 0 fully saturated rings. The van der Waals surface area contributed by atoms with Crippen LogP contribution in [0.5, 0.6) is 0 Å². The Labute approximate surface area is 102 Å². The van der Waals surface area contributed by atoms with Crippen molar-refractivity contribution in [1.29, 1.82) is 0 Å². The number of nitrogens with zero attached hydrogens (tertiary/aromatic N) is 1. The third-order valence-electron chi connectivity index (χ3n) is 1.90. The summed E-state index contributed by atoms with van der Waals surface area (Å²) in [7, 11) is 0. The molecular formula is C10H12N4O4. The summed E-state index contributed by atoms with van der Waals surface area (Å²) in [4.78, 5) is 36.3. The molecule has 18 heavy (non-hydrogen) atoms. The fourth-order valence-corrected chi connectivity index (χ4v) is 1.05. The highest BCUT2D eigenvalue weighted by Crippen LogP contribution is 2.05. The van der Waals surface area contributed by atoms with Gasteiger partial charge in [-0.05, 0) is 12.1 Å². The first-order valence-corrected chi connectivity index (χ1v) is 4.99. The maximum absolute atomic E-state index is 11.3. The van der Waals surface area contributed by atoms with Crippen LogP contribution in [0.4, 0.5) is 5.69 Å². The normalized spacial score (nSPS) is 9.61. The summed E-state index contributed by atoms with van der Waals surface area (Å²) in [5.74, 6) is -2.05. The first kappa shape index (κ1) is 13.6. The van der Waals surface area contributed by atoms with Crippen LogP contribution in [0, 0.1) is 0 Å². The van der Waals surface area contributed by atoms with E-state index in [1.165, 1.54) is 18.3 Å². The van der Waals surface area contributed by atoms with Crippen LogP contribution < -0.4 is 16.4 Å². The van der Waals surface area contributed by atoms with Crippen molar-refractivity contribution < 1.29 is 19.5 Å². The van der Waals surface area contributed by atoms with Gasteiger partial charge < -0.3 is 21.5 Å². The molecule has 2 amide bonds. The summed E-state index contributed by atoms with van der Waals surface area (Å²) in [6, 6.07) is 2.66. The summed E-state index contributed by atoms with van der Waals surface area (Å²) in [6.07, 6.45) is 1.21. The van der Waals surface area contributed by atoms with E-state index in [0.29, 0.717) is 5.69 Å². The number of aromatic nitrogens is 1. The molecule has 1 rings (SSSR count). The number of carboxylic acids is 1. The predicted octanol–water partition coefficient (Wildman–Crippen LogP) is -1.21. The number of hydrogen-bond donors (Lipinski definition) is 4. The van der Waals surface area contributed by atoms with Crippen molar-refractivity contribution in [2.75, 3.05) is 18.4 Å². The van der Waals surface area contributed by atoms with Crippen molar-refractivity contribution in [3.8, 4) is 0 Å². The predicted molar refractivity (Wildman–Crippen MR) is 61.9 cm³/mol. The van der Waals surface area contributed by atoms with Crippen LogP contribution in [0.25, 0.3) is 0 Å². The van der Waals surface area contributed by atoms with Crippen molar-refractivity contribution in [3.63, 3.8) is 0 Å². The van der Waals surface area contributed by atoms with Gasteiger partial charge in [-0.2, -0.15) is 0 Å². The molecule has 0 unspecified atom stereocenters. The summed E-state index contributed by atoms with van der Waals surface area (Å²) in [5, 5.41) is 13.3. The lowest BCUT2D eigenvalue weighted by Gasteiger charge is -2.05. The van der Waals surface area contributed by atoms with Gasteiger partial charge in [0.15, 0.2) is 0 Å². The van der Waals surface area contributed by atoms with Crippen LogP contribution in [0.15, 0.2) is 18.3 Å². The van der Waals surface area contributed by atoms with Crippen molar-refractivity contribution in [2.45, 2.75) is 0 Å². The second-order valence-corrected chi connectivity index (χ2v) is 3.27. The van der Waals surface area contributed by atoms with Crippen LogP contribution in [0.3, 0.4) is 0 Å². The van der Waals surface area contributed by atoms with E-state index in [0.717, 1.165) is 0 Å². The van der Waals surface area contributed by atoms with Gasteiger partial charge in [0.05, 0.1) is 25.0 Å². The van der Waals surface area contributed by atoms with Gasteiger partial charge in [0.1, 0.15) is 5.69 Å². The quantitative estimate of drug-likeness (QED) is 0.519. The van der Waals surface area contributed by atoms with E-state index in [-0.39, 0.29) is 18.8 Å². The molecule has 0 spiro atoms. The number of pyridine rings is 1. The molecule has 0 aliphatic heterocycles. The molecule has 1 heterocycles. The highest BCUT2D eigenvalue weighted by Gasteiger charge is 2.07. The highest BCUT2D eigenvalue weighted by atomic mass is 16.4. The molecule has 1 aromatic heterocycles. The van der Waals surface area contributed by atoms with Gasteiger partial charge in [-0.15, -0.1) is 0 Å². The molecule has 0 aromatic carbocycles. The van der Waals surface area contributed by atoms with E-state index in [4.69, 9.17) is 10.8 Å². The molecule has 1 aromatic rings. The number of hydrogen-bond acceptors (Lipinski definition) is 5. The Balaban J connectivity index is 2.49. The number of anilines is 1. The van der Waals surface area contributed by atoms with E-state index in [1.54, 1.807) is 0 Å². The van der Waals surface area contributed by atoms with Gasteiger partial charge in [-0.1, -0.05) is 0 Å². The average molecular weight is 252 g/mol. The molecular weight excluding hydrogens is 240 g/mol. The Hall–Kier alpha value is -2.48. The van der Waals surface area contributed by atoms with Crippen LogP contribution in [-0.4, -0.2) is 41.0 Å². The van der Waals surface area contributed by atoms with E-state index in [9.17, 15) is 14.4 Å². The standard InChI is InChI=1S/C10H12N4O4/c11-3-8(15)13-5-9(16)14-6-1-2-7(10(17)18)12-4-6/h1-2,4H,3,5,11H2,(H,13,15)(H,14,16)(H,17,18). The fraction of sp³-hybridized carbons (Fsp3) is 0.200. The minimum absolute atomic E-state index is 0.121. The Bertz CT molecular complexity index is 457. The van der Waals surface area contributed by atoms with E-state index in [2.05, 4.69) is 15.6 Å². The maximum Gasteiger partial charge on any atom is 0.354 e. The number of carboxylic acid groups (broad SMARTS) is 1. The number of nitrogens with one attached hydrogen (secondary N) is 2. The molecule has 8 nitrogen and oxygen atoms in total. The molecule has 8 heteroatoms. The summed E-state index contributed by atoms with van der Waals surface area (Å²) < 4.78 is 0. The lowest BCUT2D eigenvalue weighted by Crippen LogP contribution is -2.36. The summed E-state index contributed by atoms with van der Waals surface area (Å²) in [6.45, 7) is -0.404. The third-order valence-corrected chi connectivity index (χ3v) is 1.90. The van der Waals surface area contributed by atoms with Gasteiger partial charge in [0, 0.05) is 0 Å². The first-order chi connectivity index (χ1) is 8.52. The van der Waals surface area contributed by atoms with Crippen LogP contribution >= 0.6 is 0 Å². The molecule has 0 saturated carbocycles. The lowest BCUT2D eigenvalue weighted by atomic mass is 10.3. The summed E-state index contributed by atoms with van der Waals surface area (Å²) >= 11 is 0. The van der Waals surface area contributed by atoms with Gasteiger partial charge in [0.25, 0.3) is 0 Å². The Morgan fingerprint density at radius 3 is 2.50 bits per heavy atom. The second kappa shape index (κ2) is 6.30. The van der Waals surface area contributed by atoms with E-state index >= 15 is 0 Å². The van der Waals surface area contributed by atoms with Gasteiger partial charge in [-0.25, -0.2) is 9.78 Å². The first-order valence-electron chi connectivity index (χ1n) is 4.99. The lowest BCUT2D eigenvalue weighted by molar-refractivity contribution is -0.123. The zero-order chi connectivity index (χ0) is 13.5. The number of nitrogens with two attached hydrogens (primary N) is 1. The number of rotatable bonds is 5. The number of amides is 2. The van der Waals surface area contributed by atoms with Crippen LogP contribution in [0.1, 0.15) is 10.5 Å². The highest BCUT2D eigenvalue weighted by molar-refractivity contribution is 5.95. The molecule has 0 aliphatic rings. The molecule has 0 radical (unpaired) electrons. The zero-order valence-electron chi connectivity index (χ0n) is 9.34. The smallest absolute Gasteiger partial charge is 0.354 e. The molecule has 0 atom stereocenters. The van der Waals surface area contributed by atoms with Gasteiger partial charge in [0.2, 0.25) is 11.8 Å². The van der Waals surface area contributed by atoms with Crippen molar-refractivity contribution in [3.05, 3.63) is 24.0 Å². The van der Waals surface area contributed by atoms with Crippen molar-refractivity contribution >= 4 is 23.5 Å². The van der Waals surface area contributed by atoms with Gasteiger partial charge >= 0.3 is 5.97 Å². The second-order valence-electron chi connectivity index (χ2n) is 3.27. The van der Waals surface area contributed by atoms with Crippen LogP contribution in [-0.2, 0) is 9.59 Å². The molecule has 96 valence electrons. The minimum atomic E-state index is -1.15. The van der Waals surface area contributed by atoms with Crippen LogP contribution in [0.2, 0.25) is 0 Å². The Morgan fingerprint density at radius 1 is 1.28 bits per heavy atom. The maximum atomic E-state index is 11.3. The topological polar surface area (TPSA) is 134 Å². The fourth-order valence-electron chi connectivity index (χ4n) is 1.05. The molecule has 0 bridgehead atoms. The number of carbonyl (C=O) groups excluding carboxylic acids is 2. The third kappa shape index (κ3) is 4.18. The number of aromatic carboxylic acids is 1. The Kier molecular flexibility index (Phi) is 4.76. The largest absolute Gasteiger partial charge is 0.477 e. The Morgan fingerprint density at radius 2 is 2.00 bits per heavy atom. The van der Waals surface area contributed by atoms with Crippen molar-refractivity contribution in [2.24, 2.45) is 5.73 Å². The number of carbonyl (C=O) groups is 3. The van der Waals surface area contributed by atoms with Gasteiger partial charge in [-0.3, -0.25) is 9.59 Å². The monoisotopic (exact) mass is 252 g/mol. The molecule has 5 N–H and O–H groups in total.